The zero-order valence-corrected chi connectivity index (χ0v) is 13.0. The highest BCUT2D eigenvalue weighted by Gasteiger charge is 2.38. The number of aromatic amines is 1. The normalized spacial score (nSPS) is 24.1. The van der Waals surface area contributed by atoms with Gasteiger partial charge in [-0.3, -0.25) is 9.89 Å². The lowest BCUT2D eigenvalue weighted by Crippen LogP contribution is -2.44. The molecule has 2 aliphatic heterocycles. The summed E-state index contributed by atoms with van der Waals surface area (Å²) in [5.74, 6) is 0.729. The van der Waals surface area contributed by atoms with Crippen molar-refractivity contribution in [2.24, 2.45) is 5.41 Å². The summed E-state index contributed by atoms with van der Waals surface area (Å²) in [4.78, 5) is 14.5. The summed E-state index contributed by atoms with van der Waals surface area (Å²) in [6.07, 6.45) is 5.99. The van der Waals surface area contributed by atoms with Gasteiger partial charge in [-0.05, 0) is 50.1 Å². The molecular weight excluding hydrogens is 288 g/mol. The third-order valence-corrected chi connectivity index (χ3v) is 5.28. The topological polar surface area (TPSA) is 61.0 Å². The molecule has 2 saturated heterocycles. The van der Waals surface area contributed by atoms with Crippen LogP contribution in [0.25, 0.3) is 0 Å². The van der Waals surface area contributed by atoms with Crippen molar-refractivity contribution in [3.05, 3.63) is 17.5 Å². The molecule has 21 heavy (non-hydrogen) atoms. The third kappa shape index (κ3) is 2.81. The molecule has 4 rings (SSSR count). The second kappa shape index (κ2) is 5.61. The summed E-state index contributed by atoms with van der Waals surface area (Å²) in [6, 6.07) is 1.96. The van der Waals surface area contributed by atoms with Crippen LogP contribution in [0.2, 0.25) is 0 Å². The van der Waals surface area contributed by atoms with E-state index in [2.05, 4.69) is 15.5 Å². The van der Waals surface area contributed by atoms with Crippen molar-refractivity contribution in [2.75, 3.05) is 26.2 Å². The number of amides is 1. The summed E-state index contributed by atoms with van der Waals surface area (Å²) in [7, 11) is 0. The maximum absolute atomic E-state index is 12.5. The van der Waals surface area contributed by atoms with Gasteiger partial charge in [0.2, 0.25) is 0 Å². The van der Waals surface area contributed by atoms with Crippen LogP contribution < -0.4 is 5.32 Å². The summed E-state index contributed by atoms with van der Waals surface area (Å²) < 4.78 is 0. The Morgan fingerprint density at radius 2 is 2.05 bits per heavy atom. The molecule has 116 valence electrons. The maximum atomic E-state index is 12.5. The molecule has 3 heterocycles. The van der Waals surface area contributed by atoms with Crippen LogP contribution in [0.1, 0.15) is 54.2 Å². The third-order valence-electron chi connectivity index (χ3n) is 5.28. The number of H-pyrrole nitrogens is 1. The first-order chi connectivity index (χ1) is 9.76. The number of carbonyl (C=O) groups excluding carboxylic acids is 1. The molecule has 1 aromatic heterocycles. The van der Waals surface area contributed by atoms with Gasteiger partial charge in [-0.1, -0.05) is 0 Å². The number of likely N-dealkylation sites (tertiary alicyclic amines) is 1. The minimum absolute atomic E-state index is 0. The molecule has 5 nitrogen and oxygen atoms in total. The molecule has 1 aliphatic carbocycles. The SMILES string of the molecule is Cl.O=C(c1cc(C2CC2)[nH]n1)N1CCC2(CCNC2)CC1. The minimum Gasteiger partial charge on any atom is -0.337 e. The summed E-state index contributed by atoms with van der Waals surface area (Å²) in [5.41, 5.74) is 2.20. The van der Waals surface area contributed by atoms with E-state index in [0.717, 1.165) is 44.7 Å². The van der Waals surface area contributed by atoms with E-state index in [4.69, 9.17) is 0 Å². The Labute approximate surface area is 131 Å². The van der Waals surface area contributed by atoms with Gasteiger partial charge in [-0.15, -0.1) is 12.4 Å². The van der Waals surface area contributed by atoms with E-state index in [-0.39, 0.29) is 18.3 Å². The minimum atomic E-state index is 0. The lowest BCUT2D eigenvalue weighted by molar-refractivity contribution is 0.0602. The standard InChI is InChI=1S/C15H22N4O.ClH/c20-14(13-9-12(17-18-13)11-1-2-11)19-7-4-15(5-8-19)3-6-16-10-15;/h9,11,16H,1-8,10H2,(H,17,18);1H. The molecular formula is C15H23ClN4O. The predicted molar refractivity (Wildman–Crippen MR) is 82.9 cm³/mol. The Kier molecular flexibility index (Phi) is 3.97. The second-order valence-electron chi connectivity index (χ2n) is 6.70. The van der Waals surface area contributed by atoms with Gasteiger partial charge >= 0.3 is 0 Å². The average Bonchev–Trinajstić information content (AvgIpc) is 3.04. The van der Waals surface area contributed by atoms with Crippen LogP contribution >= 0.6 is 12.4 Å². The monoisotopic (exact) mass is 310 g/mol. The molecule has 0 bridgehead atoms. The highest BCUT2D eigenvalue weighted by Crippen LogP contribution is 2.39. The molecule has 0 atom stereocenters. The Bertz CT molecular complexity index is 509. The molecule has 1 spiro atoms. The van der Waals surface area contributed by atoms with Gasteiger partial charge in [-0.2, -0.15) is 5.10 Å². The zero-order chi connectivity index (χ0) is 13.6. The van der Waals surface area contributed by atoms with E-state index in [0.29, 0.717) is 17.0 Å². The highest BCUT2D eigenvalue weighted by atomic mass is 35.5. The number of nitrogens with one attached hydrogen (secondary N) is 2. The fourth-order valence-electron chi connectivity index (χ4n) is 3.62. The highest BCUT2D eigenvalue weighted by molar-refractivity contribution is 5.92. The van der Waals surface area contributed by atoms with Gasteiger partial charge in [0.05, 0.1) is 0 Å². The van der Waals surface area contributed by atoms with E-state index in [9.17, 15) is 4.79 Å². The fraction of sp³-hybridized carbons (Fsp3) is 0.733. The van der Waals surface area contributed by atoms with Crippen molar-refractivity contribution in [3.8, 4) is 0 Å². The molecule has 1 aromatic rings. The lowest BCUT2D eigenvalue weighted by atomic mass is 9.78. The van der Waals surface area contributed by atoms with Gasteiger partial charge < -0.3 is 10.2 Å². The molecule has 0 aromatic carbocycles. The van der Waals surface area contributed by atoms with Crippen LogP contribution in [0, 0.1) is 5.41 Å². The number of hydrogen-bond acceptors (Lipinski definition) is 3. The van der Waals surface area contributed by atoms with Gasteiger partial charge in [0.15, 0.2) is 0 Å². The predicted octanol–water partition coefficient (Wildman–Crippen LogP) is 1.92. The first-order valence-corrected chi connectivity index (χ1v) is 7.81. The number of piperidine rings is 1. The first-order valence-electron chi connectivity index (χ1n) is 7.81. The zero-order valence-electron chi connectivity index (χ0n) is 12.2. The molecule has 6 heteroatoms. The van der Waals surface area contributed by atoms with Crippen LogP contribution in [-0.2, 0) is 0 Å². The van der Waals surface area contributed by atoms with Gasteiger partial charge in [-0.25, -0.2) is 0 Å². The molecule has 0 unspecified atom stereocenters. The quantitative estimate of drug-likeness (QED) is 0.877. The van der Waals surface area contributed by atoms with Gasteiger partial charge in [0.25, 0.3) is 5.91 Å². The van der Waals surface area contributed by atoms with Crippen molar-refractivity contribution < 1.29 is 4.79 Å². The number of rotatable bonds is 2. The Balaban J connectivity index is 0.00000132. The number of hydrogen-bond donors (Lipinski definition) is 2. The molecule has 0 radical (unpaired) electrons. The first kappa shape index (κ1) is 14.9. The molecule has 2 N–H and O–H groups in total. The number of halogens is 1. The summed E-state index contributed by atoms with van der Waals surface area (Å²) in [6.45, 7) is 4.03. The number of nitrogens with zero attached hydrogens (tertiary/aromatic N) is 2. The number of aromatic nitrogens is 2. The Morgan fingerprint density at radius 1 is 1.29 bits per heavy atom. The fourth-order valence-corrected chi connectivity index (χ4v) is 3.62. The molecule has 1 amide bonds. The molecule has 1 saturated carbocycles. The lowest BCUT2D eigenvalue weighted by Gasteiger charge is -2.38. The van der Waals surface area contributed by atoms with Crippen LogP contribution in [-0.4, -0.2) is 47.2 Å². The van der Waals surface area contributed by atoms with Gasteiger partial charge in [0.1, 0.15) is 5.69 Å². The van der Waals surface area contributed by atoms with Gasteiger partial charge in [0, 0.05) is 31.2 Å². The summed E-state index contributed by atoms with van der Waals surface area (Å²) >= 11 is 0. The van der Waals surface area contributed by atoms with E-state index in [1.54, 1.807) is 0 Å². The van der Waals surface area contributed by atoms with Crippen molar-refractivity contribution in [2.45, 2.75) is 38.0 Å². The smallest absolute Gasteiger partial charge is 0.274 e. The average molecular weight is 311 g/mol. The largest absolute Gasteiger partial charge is 0.337 e. The molecule has 3 fully saturated rings. The van der Waals surface area contributed by atoms with E-state index in [1.807, 2.05) is 11.0 Å². The Morgan fingerprint density at radius 3 is 2.67 bits per heavy atom. The van der Waals surface area contributed by atoms with Crippen LogP contribution in [0.4, 0.5) is 0 Å². The van der Waals surface area contributed by atoms with Crippen molar-refractivity contribution in [1.29, 1.82) is 0 Å². The Hall–Kier alpha value is -1.07. The van der Waals surface area contributed by atoms with Crippen LogP contribution in [0.5, 0.6) is 0 Å². The second-order valence-corrected chi connectivity index (χ2v) is 6.70. The number of carbonyl (C=O) groups is 1. The van der Waals surface area contributed by atoms with E-state index < -0.39 is 0 Å². The van der Waals surface area contributed by atoms with Crippen molar-refractivity contribution in [3.63, 3.8) is 0 Å². The van der Waals surface area contributed by atoms with Crippen molar-refractivity contribution >= 4 is 18.3 Å². The molecule has 3 aliphatic rings. The maximum Gasteiger partial charge on any atom is 0.274 e. The van der Waals surface area contributed by atoms with Crippen molar-refractivity contribution in [1.82, 2.24) is 20.4 Å². The van der Waals surface area contributed by atoms with Crippen LogP contribution in [0.15, 0.2) is 6.07 Å². The summed E-state index contributed by atoms with van der Waals surface area (Å²) in [5, 5.41) is 10.7. The van der Waals surface area contributed by atoms with E-state index in [1.165, 1.54) is 19.3 Å². The van der Waals surface area contributed by atoms with Crippen LogP contribution in [0.3, 0.4) is 0 Å². The van der Waals surface area contributed by atoms with E-state index >= 15 is 0 Å².